The second kappa shape index (κ2) is 4.62. The van der Waals surface area contributed by atoms with E-state index in [9.17, 15) is 9.90 Å². The Morgan fingerprint density at radius 2 is 2.16 bits per heavy atom. The minimum absolute atomic E-state index is 0.0686. The van der Waals surface area contributed by atoms with E-state index in [1.165, 1.54) is 0 Å². The van der Waals surface area contributed by atoms with Crippen LogP contribution in [-0.2, 0) is 9.53 Å². The lowest BCUT2D eigenvalue weighted by Crippen LogP contribution is -2.53. The van der Waals surface area contributed by atoms with Crippen molar-refractivity contribution in [3.8, 4) is 0 Å². The molecule has 2 aliphatic heterocycles. The Morgan fingerprint density at radius 3 is 2.84 bits per heavy atom. The van der Waals surface area contributed by atoms with Gasteiger partial charge in [-0.05, 0) is 25.3 Å². The number of rotatable bonds is 2. The summed E-state index contributed by atoms with van der Waals surface area (Å²) in [5.74, 6) is 0.0891. The zero-order chi connectivity index (χ0) is 13.5. The third-order valence-corrected chi connectivity index (χ3v) is 4.19. The van der Waals surface area contributed by atoms with E-state index in [4.69, 9.17) is 4.74 Å². The smallest absolute Gasteiger partial charge is 0.225 e. The molecule has 1 amide bonds. The number of amides is 1. The van der Waals surface area contributed by atoms with Gasteiger partial charge < -0.3 is 14.7 Å². The van der Waals surface area contributed by atoms with Gasteiger partial charge in [-0.1, -0.05) is 30.3 Å². The quantitative estimate of drug-likeness (QED) is 0.884. The van der Waals surface area contributed by atoms with E-state index in [0.717, 1.165) is 18.4 Å². The molecule has 0 saturated carbocycles. The fourth-order valence-corrected chi connectivity index (χ4v) is 3.32. The summed E-state index contributed by atoms with van der Waals surface area (Å²) in [6, 6.07) is 9.55. The molecule has 19 heavy (non-hydrogen) atoms. The number of fused-ring (bicyclic) bond motifs is 1. The first-order chi connectivity index (χ1) is 9.15. The fourth-order valence-electron chi connectivity index (χ4n) is 3.32. The molecule has 2 fully saturated rings. The lowest BCUT2D eigenvalue weighted by molar-refractivity contribution is -0.159. The highest BCUT2D eigenvalue weighted by Gasteiger charge is 2.53. The van der Waals surface area contributed by atoms with Crippen LogP contribution in [0.2, 0.25) is 0 Å². The Labute approximate surface area is 113 Å². The van der Waals surface area contributed by atoms with Crippen molar-refractivity contribution in [2.45, 2.75) is 44.1 Å². The summed E-state index contributed by atoms with van der Waals surface area (Å²) in [7, 11) is 0. The van der Waals surface area contributed by atoms with Gasteiger partial charge in [-0.25, -0.2) is 0 Å². The average Bonchev–Trinajstić information content (AvgIpc) is 2.74. The molecule has 0 aliphatic carbocycles. The number of piperidine rings is 1. The number of benzene rings is 1. The molecule has 1 N–H and O–H groups in total. The summed E-state index contributed by atoms with van der Waals surface area (Å²) < 4.78 is 6.16. The Morgan fingerprint density at radius 1 is 1.42 bits per heavy atom. The molecule has 102 valence electrons. The van der Waals surface area contributed by atoms with Crippen LogP contribution in [0, 0.1) is 0 Å². The SMILES string of the molecule is C[C@]12CCCC(=O)N1[C@H](CO)[C@@H](c1ccccc1)O2. The van der Waals surface area contributed by atoms with Crippen molar-refractivity contribution in [3.05, 3.63) is 35.9 Å². The topological polar surface area (TPSA) is 49.8 Å². The predicted molar refractivity (Wildman–Crippen MR) is 70.2 cm³/mol. The molecule has 3 rings (SSSR count). The number of aliphatic hydroxyl groups is 1. The van der Waals surface area contributed by atoms with Crippen LogP contribution in [0.1, 0.15) is 37.9 Å². The molecule has 4 nitrogen and oxygen atoms in total. The number of carbonyl (C=O) groups excluding carboxylic acids is 1. The van der Waals surface area contributed by atoms with E-state index in [1.54, 1.807) is 4.90 Å². The maximum absolute atomic E-state index is 12.2. The number of ether oxygens (including phenoxy) is 1. The van der Waals surface area contributed by atoms with Gasteiger partial charge in [-0.15, -0.1) is 0 Å². The van der Waals surface area contributed by atoms with Crippen molar-refractivity contribution < 1.29 is 14.6 Å². The Hall–Kier alpha value is -1.39. The molecule has 4 heteroatoms. The van der Waals surface area contributed by atoms with E-state index >= 15 is 0 Å². The number of hydrogen-bond donors (Lipinski definition) is 1. The highest BCUT2D eigenvalue weighted by Crippen LogP contribution is 2.45. The van der Waals surface area contributed by atoms with Crippen molar-refractivity contribution in [2.75, 3.05) is 6.61 Å². The largest absolute Gasteiger partial charge is 0.394 e. The van der Waals surface area contributed by atoms with Gasteiger partial charge >= 0.3 is 0 Å². The number of aliphatic hydroxyl groups excluding tert-OH is 1. The second-order valence-corrected chi connectivity index (χ2v) is 5.49. The molecular formula is C15H19NO3. The molecule has 0 bridgehead atoms. The van der Waals surface area contributed by atoms with Gasteiger partial charge in [0.05, 0.1) is 12.6 Å². The minimum atomic E-state index is -0.566. The lowest BCUT2D eigenvalue weighted by atomic mass is 9.97. The van der Waals surface area contributed by atoms with Gasteiger partial charge in [0.2, 0.25) is 5.91 Å². The predicted octanol–water partition coefficient (Wildman–Crippen LogP) is 1.85. The van der Waals surface area contributed by atoms with Crippen molar-refractivity contribution >= 4 is 5.91 Å². The van der Waals surface area contributed by atoms with Crippen LogP contribution >= 0.6 is 0 Å². The monoisotopic (exact) mass is 261 g/mol. The molecule has 1 aromatic carbocycles. The summed E-state index contributed by atoms with van der Waals surface area (Å²) >= 11 is 0. The van der Waals surface area contributed by atoms with E-state index in [-0.39, 0.29) is 24.7 Å². The second-order valence-electron chi connectivity index (χ2n) is 5.49. The van der Waals surface area contributed by atoms with Crippen LogP contribution in [0.25, 0.3) is 0 Å². The molecule has 0 radical (unpaired) electrons. The maximum atomic E-state index is 12.2. The molecule has 0 spiro atoms. The minimum Gasteiger partial charge on any atom is -0.394 e. The Kier molecular flexibility index (Phi) is 3.07. The normalized spacial score (nSPS) is 34.4. The van der Waals surface area contributed by atoms with Gasteiger partial charge in [-0.2, -0.15) is 0 Å². The third-order valence-electron chi connectivity index (χ3n) is 4.19. The molecule has 0 aromatic heterocycles. The van der Waals surface area contributed by atoms with E-state index in [2.05, 4.69) is 0 Å². The van der Waals surface area contributed by atoms with Crippen LogP contribution in [0.3, 0.4) is 0 Å². The number of nitrogens with zero attached hydrogens (tertiary/aromatic N) is 1. The van der Waals surface area contributed by atoms with Crippen LogP contribution in [0.5, 0.6) is 0 Å². The summed E-state index contributed by atoms with van der Waals surface area (Å²) in [6.07, 6.45) is 2.00. The van der Waals surface area contributed by atoms with Crippen LogP contribution in [-0.4, -0.2) is 34.3 Å². The van der Waals surface area contributed by atoms with Crippen LogP contribution in [0.4, 0.5) is 0 Å². The first-order valence-electron chi connectivity index (χ1n) is 6.81. The van der Waals surface area contributed by atoms with Gasteiger partial charge in [0, 0.05) is 6.42 Å². The van der Waals surface area contributed by atoms with Crippen LogP contribution < -0.4 is 0 Å². The highest BCUT2D eigenvalue weighted by molar-refractivity contribution is 5.78. The van der Waals surface area contributed by atoms with Crippen molar-refractivity contribution in [1.82, 2.24) is 4.90 Å². The molecule has 0 unspecified atom stereocenters. The maximum Gasteiger partial charge on any atom is 0.225 e. The third kappa shape index (κ3) is 1.95. The first kappa shape index (κ1) is 12.6. The molecule has 2 saturated heterocycles. The molecule has 2 aliphatic rings. The van der Waals surface area contributed by atoms with Gasteiger partial charge in [-0.3, -0.25) is 4.79 Å². The number of carbonyl (C=O) groups is 1. The van der Waals surface area contributed by atoms with Crippen molar-refractivity contribution in [2.24, 2.45) is 0 Å². The van der Waals surface area contributed by atoms with Crippen molar-refractivity contribution in [3.63, 3.8) is 0 Å². The molecule has 3 atom stereocenters. The zero-order valence-corrected chi connectivity index (χ0v) is 11.1. The summed E-state index contributed by atoms with van der Waals surface area (Å²) in [5.41, 5.74) is 0.452. The van der Waals surface area contributed by atoms with E-state index < -0.39 is 5.72 Å². The average molecular weight is 261 g/mol. The van der Waals surface area contributed by atoms with Crippen LogP contribution in [0.15, 0.2) is 30.3 Å². The van der Waals surface area contributed by atoms with Crippen molar-refractivity contribution in [1.29, 1.82) is 0 Å². The van der Waals surface area contributed by atoms with Gasteiger partial charge in [0.15, 0.2) is 0 Å². The standard InChI is InChI=1S/C15H19NO3/c1-15-9-5-8-13(18)16(15)12(10-17)14(19-15)11-6-3-2-4-7-11/h2-4,6-7,12,14,17H,5,8-10H2,1H3/t12-,14-,15+/m1/s1. The Balaban J connectivity index is 1.97. The molecule has 2 heterocycles. The number of hydrogen-bond acceptors (Lipinski definition) is 3. The van der Waals surface area contributed by atoms with E-state index in [0.29, 0.717) is 6.42 Å². The lowest BCUT2D eigenvalue weighted by Gasteiger charge is -2.39. The zero-order valence-electron chi connectivity index (χ0n) is 11.1. The Bertz CT molecular complexity index is 476. The fraction of sp³-hybridized carbons (Fsp3) is 0.533. The van der Waals surface area contributed by atoms with Gasteiger partial charge in [0.1, 0.15) is 11.8 Å². The van der Waals surface area contributed by atoms with Gasteiger partial charge in [0.25, 0.3) is 0 Å². The summed E-state index contributed by atoms with van der Waals surface area (Å²) in [4.78, 5) is 13.9. The van der Waals surface area contributed by atoms with E-state index in [1.807, 2.05) is 37.3 Å². The molecular weight excluding hydrogens is 242 g/mol. The first-order valence-corrected chi connectivity index (χ1v) is 6.81. The summed E-state index contributed by atoms with van der Waals surface area (Å²) in [5, 5.41) is 9.70. The molecule has 1 aromatic rings. The highest BCUT2D eigenvalue weighted by atomic mass is 16.5. The summed E-state index contributed by atoms with van der Waals surface area (Å²) in [6.45, 7) is 1.89.